The van der Waals surface area contributed by atoms with E-state index in [-0.39, 0.29) is 5.91 Å². The molecular weight excluding hydrogens is 354 g/mol. The lowest BCUT2D eigenvalue weighted by molar-refractivity contribution is 0.102. The summed E-state index contributed by atoms with van der Waals surface area (Å²) in [5.74, 6) is -0.212. The molecule has 1 heterocycles. The van der Waals surface area contributed by atoms with E-state index >= 15 is 0 Å². The highest BCUT2D eigenvalue weighted by Crippen LogP contribution is 2.26. The van der Waals surface area contributed by atoms with Crippen molar-refractivity contribution in [2.24, 2.45) is 0 Å². The van der Waals surface area contributed by atoms with E-state index in [2.05, 4.69) is 38.5 Å². The molecule has 0 saturated heterocycles. The Balaban J connectivity index is 2.18. The van der Waals surface area contributed by atoms with E-state index in [0.29, 0.717) is 16.3 Å². The molecule has 0 atom stereocenters. The summed E-state index contributed by atoms with van der Waals surface area (Å²) >= 11 is 9.27. The first kappa shape index (κ1) is 15.8. The standard InChI is InChI=1S/C15H15BrClN3O/c1-2-6-19-14-5-7-18-9-11(14)15(21)20-10-3-4-13(17)12(16)8-10/h3-5,7-9H,2,6H2,1H3,(H,18,19)(H,20,21). The van der Waals surface area contributed by atoms with E-state index in [1.165, 1.54) is 0 Å². The number of aromatic nitrogens is 1. The zero-order chi connectivity index (χ0) is 15.2. The third-order valence-electron chi connectivity index (χ3n) is 2.81. The van der Waals surface area contributed by atoms with Crippen molar-refractivity contribution in [2.75, 3.05) is 17.2 Å². The maximum Gasteiger partial charge on any atom is 0.259 e. The van der Waals surface area contributed by atoms with Gasteiger partial charge < -0.3 is 10.6 Å². The average Bonchev–Trinajstić information content (AvgIpc) is 2.49. The SMILES string of the molecule is CCCNc1ccncc1C(=O)Nc1ccc(Cl)c(Br)c1. The van der Waals surface area contributed by atoms with Gasteiger partial charge in [0.2, 0.25) is 0 Å². The predicted molar refractivity (Wildman–Crippen MR) is 90.1 cm³/mol. The van der Waals surface area contributed by atoms with Crippen LogP contribution in [0.1, 0.15) is 23.7 Å². The number of nitrogens with zero attached hydrogens (tertiary/aromatic N) is 1. The highest BCUT2D eigenvalue weighted by Gasteiger charge is 2.12. The number of halogens is 2. The molecule has 0 radical (unpaired) electrons. The van der Waals surface area contributed by atoms with Crippen molar-refractivity contribution < 1.29 is 4.79 Å². The number of hydrogen-bond donors (Lipinski definition) is 2. The normalized spacial score (nSPS) is 10.2. The van der Waals surface area contributed by atoms with Crippen molar-refractivity contribution in [3.63, 3.8) is 0 Å². The molecule has 2 rings (SSSR count). The molecule has 1 aromatic heterocycles. The number of benzene rings is 1. The van der Waals surface area contributed by atoms with Crippen molar-refractivity contribution in [1.82, 2.24) is 4.98 Å². The minimum Gasteiger partial charge on any atom is -0.384 e. The lowest BCUT2D eigenvalue weighted by atomic mass is 10.2. The number of hydrogen-bond acceptors (Lipinski definition) is 3. The largest absolute Gasteiger partial charge is 0.384 e. The van der Waals surface area contributed by atoms with Crippen molar-refractivity contribution in [3.8, 4) is 0 Å². The van der Waals surface area contributed by atoms with Gasteiger partial charge in [-0.2, -0.15) is 0 Å². The van der Waals surface area contributed by atoms with Crippen LogP contribution in [0.4, 0.5) is 11.4 Å². The third-order valence-corrected chi connectivity index (χ3v) is 4.02. The summed E-state index contributed by atoms with van der Waals surface area (Å²) in [6, 6.07) is 7.03. The Morgan fingerprint density at radius 2 is 2.19 bits per heavy atom. The van der Waals surface area contributed by atoms with Crippen LogP contribution >= 0.6 is 27.5 Å². The minimum absolute atomic E-state index is 0.212. The van der Waals surface area contributed by atoms with Crippen LogP contribution in [0.15, 0.2) is 41.1 Å². The topological polar surface area (TPSA) is 54.0 Å². The summed E-state index contributed by atoms with van der Waals surface area (Å²) in [5.41, 5.74) is 1.95. The Kier molecular flexibility index (Phi) is 5.59. The van der Waals surface area contributed by atoms with Gasteiger partial charge in [0.05, 0.1) is 16.3 Å². The first-order valence-corrected chi connectivity index (χ1v) is 7.73. The van der Waals surface area contributed by atoms with Gasteiger partial charge in [0.25, 0.3) is 5.91 Å². The molecule has 21 heavy (non-hydrogen) atoms. The lowest BCUT2D eigenvalue weighted by Crippen LogP contribution is -2.15. The highest BCUT2D eigenvalue weighted by atomic mass is 79.9. The number of anilines is 2. The van der Waals surface area contributed by atoms with E-state index in [1.807, 2.05) is 0 Å². The fourth-order valence-electron chi connectivity index (χ4n) is 1.76. The van der Waals surface area contributed by atoms with Gasteiger partial charge in [-0.05, 0) is 46.6 Å². The van der Waals surface area contributed by atoms with Crippen molar-refractivity contribution in [3.05, 3.63) is 51.7 Å². The average molecular weight is 369 g/mol. The molecule has 110 valence electrons. The van der Waals surface area contributed by atoms with Crippen LogP contribution in [0.25, 0.3) is 0 Å². The second kappa shape index (κ2) is 7.43. The summed E-state index contributed by atoms with van der Waals surface area (Å²) in [4.78, 5) is 16.4. The number of carbonyl (C=O) groups excluding carboxylic acids is 1. The monoisotopic (exact) mass is 367 g/mol. The van der Waals surface area contributed by atoms with E-state index in [4.69, 9.17) is 11.6 Å². The van der Waals surface area contributed by atoms with Gasteiger partial charge in [-0.3, -0.25) is 9.78 Å². The Morgan fingerprint density at radius 3 is 2.90 bits per heavy atom. The first-order chi connectivity index (χ1) is 10.1. The van der Waals surface area contributed by atoms with Gasteiger partial charge in [-0.15, -0.1) is 0 Å². The predicted octanol–water partition coefficient (Wildman–Crippen LogP) is 4.57. The van der Waals surface area contributed by atoms with Gasteiger partial charge in [-0.25, -0.2) is 0 Å². The Bertz CT molecular complexity index is 649. The first-order valence-electron chi connectivity index (χ1n) is 6.56. The number of amides is 1. The highest BCUT2D eigenvalue weighted by molar-refractivity contribution is 9.10. The molecule has 0 fully saturated rings. The summed E-state index contributed by atoms with van der Waals surface area (Å²) in [6.07, 6.45) is 4.19. The van der Waals surface area contributed by atoms with Crippen LogP contribution in [0, 0.1) is 0 Å². The Hall–Kier alpha value is -1.59. The second-order valence-electron chi connectivity index (χ2n) is 4.43. The quantitative estimate of drug-likeness (QED) is 0.812. The van der Waals surface area contributed by atoms with Crippen molar-refractivity contribution in [1.29, 1.82) is 0 Å². The fraction of sp³-hybridized carbons (Fsp3) is 0.200. The molecule has 0 aliphatic heterocycles. The lowest BCUT2D eigenvalue weighted by Gasteiger charge is -2.11. The zero-order valence-electron chi connectivity index (χ0n) is 11.5. The van der Waals surface area contributed by atoms with Crippen molar-refractivity contribution in [2.45, 2.75) is 13.3 Å². The van der Waals surface area contributed by atoms with Gasteiger partial charge in [0, 0.05) is 29.1 Å². The van der Waals surface area contributed by atoms with Crippen molar-refractivity contribution >= 4 is 44.8 Å². The van der Waals surface area contributed by atoms with Crippen LogP contribution in [0.2, 0.25) is 5.02 Å². The maximum absolute atomic E-state index is 12.4. The smallest absolute Gasteiger partial charge is 0.259 e. The molecule has 0 spiro atoms. The molecule has 0 aliphatic carbocycles. The van der Waals surface area contributed by atoms with Gasteiger partial charge in [-0.1, -0.05) is 18.5 Å². The second-order valence-corrected chi connectivity index (χ2v) is 5.69. The molecule has 4 nitrogen and oxygen atoms in total. The summed E-state index contributed by atoms with van der Waals surface area (Å²) in [5, 5.41) is 6.65. The van der Waals surface area contributed by atoms with E-state index < -0.39 is 0 Å². The number of carbonyl (C=O) groups is 1. The molecule has 1 aromatic carbocycles. The molecule has 1 amide bonds. The molecular formula is C15H15BrClN3O. The fourth-order valence-corrected chi connectivity index (χ4v) is 2.26. The number of rotatable bonds is 5. The van der Waals surface area contributed by atoms with Crippen LogP contribution in [0.5, 0.6) is 0 Å². The Morgan fingerprint density at radius 1 is 1.38 bits per heavy atom. The zero-order valence-corrected chi connectivity index (χ0v) is 13.8. The Labute approximate surface area is 137 Å². The molecule has 2 N–H and O–H groups in total. The molecule has 0 saturated carbocycles. The summed E-state index contributed by atoms with van der Waals surface area (Å²) < 4.78 is 0.734. The molecule has 6 heteroatoms. The van der Waals surface area contributed by atoms with Crippen LogP contribution in [0.3, 0.4) is 0 Å². The molecule has 0 bridgehead atoms. The van der Waals surface area contributed by atoms with E-state index in [9.17, 15) is 4.79 Å². The molecule has 0 unspecified atom stereocenters. The van der Waals surface area contributed by atoms with Gasteiger partial charge >= 0.3 is 0 Å². The maximum atomic E-state index is 12.4. The van der Waals surface area contributed by atoms with Gasteiger partial charge in [0.15, 0.2) is 0 Å². The van der Waals surface area contributed by atoms with Gasteiger partial charge in [0.1, 0.15) is 0 Å². The summed E-state index contributed by atoms with van der Waals surface area (Å²) in [7, 11) is 0. The number of pyridine rings is 1. The van der Waals surface area contributed by atoms with E-state index in [0.717, 1.165) is 23.1 Å². The van der Waals surface area contributed by atoms with Crippen LogP contribution in [-0.4, -0.2) is 17.4 Å². The van der Waals surface area contributed by atoms with Crippen LogP contribution in [-0.2, 0) is 0 Å². The summed E-state index contributed by atoms with van der Waals surface area (Å²) in [6.45, 7) is 2.87. The molecule has 2 aromatic rings. The van der Waals surface area contributed by atoms with E-state index in [1.54, 1.807) is 36.7 Å². The minimum atomic E-state index is -0.212. The van der Waals surface area contributed by atoms with Crippen LogP contribution < -0.4 is 10.6 Å². The number of nitrogens with one attached hydrogen (secondary N) is 2. The third kappa shape index (κ3) is 4.19. The molecule has 0 aliphatic rings.